The van der Waals surface area contributed by atoms with Crippen molar-refractivity contribution in [2.45, 2.75) is 6.54 Å². The van der Waals surface area contributed by atoms with Crippen LogP contribution in [0.5, 0.6) is 0 Å². The number of fused-ring (bicyclic) bond motifs is 1. The smallest absolute Gasteiger partial charge is 0.321 e. The summed E-state index contributed by atoms with van der Waals surface area (Å²) in [4.78, 5) is 25.6. The standard InChI is InChI=1S/C24H22F2N6O/c25-17-4-1-6-19(14-17)28-24(33)31-12-10-30(11-13-31)16-22-29-21-8-3-9-27-23(21)32(22)20-7-2-5-18(26)15-20/h1-9,14-15H,10-13,16H2,(H,28,33). The van der Waals surface area contributed by atoms with E-state index in [4.69, 9.17) is 4.98 Å². The topological polar surface area (TPSA) is 66.3 Å². The van der Waals surface area contributed by atoms with Crippen LogP contribution in [0.15, 0.2) is 66.9 Å². The maximum absolute atomic E-state index is 13.9. The number of benzene rings is 2. The van der Waals surface area contributed by atoms with Gasteiger partial charge in [-0.25, -0.2) is 23.5 Å². The van der Waals surface area contributed by atoms with Crippen molar-refractivity contribution in [2.24, 2.45) is 0 Å². The van der Waals surface area contributed by atoms with E-state index >= 15 is 0 Å². The summed E-state index contributed by atoms with van der Waals surface area (Å²) in [5.74, 6) is 0.0365. The molecule has 0 saturated carbocycles. The number of hydrogen-bond donors (Lipinski definition) is 1. The summed E-state index contributed by atoms with van der Waals surface area (Å²) in [6.45, 7) is 2.89. The molecular weight excluding hydrogens is 426 g/mol. The van der Waals surface area contributed by atoms with Gasteiger partial charge >= 0.3 is 6.03 Å². The van der Waals surface area contributed by atoms with Gasteiger partial charge in [0.1, 0.15) is 23.0 Å². The SMILES string of the molecule is O=C(Nc1cccc(F)c1)N1CCN(Cc2nc3cccnc3n2-c2cccc(F)c2)CC1. The number of halogens is 2. The fourth-order valence-corrected chi connectivity index (χ4v) is 4.03. The molecule has 168 valence electrons. The number of carbonyl (C=O) groups is 1. The Kier molecular flexibility index (Phi) is 5.70. The van der Waals surface area contributed by atoms with Crippen molar-refractivity contribution >= 4 is 22.9 Å². The zero-order valence-electron chi connectivity index (χ0n) is 17.8. The largest absolute Gasteiger partial charge is 0.322 e. The van der Waals surface area contributed by atoms with E-state index in [2.05, 4.69) is 15.2 Å². The zero-order chi connectivity index (χ0) is 22.8. The van der Waals surface area contributed by atoms with Gasteiger partial charge in [-0.15, -0.1) is 0 Å². The zero-order valence-corrected chi connectivity index (χ0v) is 17.8. The minimum absolute atomic E-state index is 0.253. The minimum atomic E-state index is -0.395. The number of pyridine rings is 1. The number of urea groups is 1. The Morgan fingerprint density at radius 3 is 2.45 bits per heavy atom. The summed E-state index contributed by atoms with van der Waals surface area (Å²) >= 11 is 0. The van der Waals surface area contributed by atoms with Crippen molar-refractivity contribution in [1.82, 2.24) is 24.3 Å². The van der Waals surface area contributed by atoms with E-state index in [1.54, 1.807) is 29.3 Å². The van der Waals surface area contributed by atoms with Crippen LogP contribution < -0.4 is 5.32 Å². The molecule has 0 aliphatic carbocycles. The third-order valence-corrected chi connectivity index (χ3v) is 5.65. The van der Waals surface area contributed by atoms with Crippen molar-refractivity contribution in [2.75, 3.05) is 31.5 Å². The Balaban J connectivity index is 1.30. The number of nitrogens with zero attached hydrogens (tertiary/aromatic N) is 5. The highest BCUT2D eigenvalue weighted by Crippen LogP contribution is 2.22. The highest BCUT2D eigenvalue weighted by atomic mass is 19.1. The van der Waals surface area contributed by atoms with E-state index in [0.29, 0.717) is 49.7 Å². The Labute approximate surface area is 189 Å². The van der Waals surface area contributed by atoms with Crippen molar-refractivity contribution in [3.05, 3.63) is 84.3 Å². The fourth-order valence-electron chi connectivity index (χ4n) is 4.03. The normalized spacial score (nSPS) is 14.5. The molecule has 3 heterocycles. The number of imidazole rings is 1. The van der Waals surface area contributed by atoms with E-state index in [0.717, 1.165) is 11.3 Å². The number of nitrogens with one attached hydrogen (secondary N) is 1. The second-order valence-electron chi connectivity index (χ2n) is 7.89. The van der Waals surface area contributed by atoms with Crippen LogP contribution in [0.25, 0.3) is 16.9 Å². The number of carbonyl (C=O) groups excluding carboxylic acids is 1. The second-order valence-corrected chi connectivity index (χ2v) is 7.89. The van der Waals surface area contributed by atoms with E-state index in [9.17, 15) is 13.6 Å². The molecule has 0 radical (unpaired) electrons. The molecule has 9 heteroatoms. The van der Waals surface area contributed by atoms with Gasteiger partial charge in [-0.2, -0.15) is 0 Å². The van der Waals surface area contributed by atoms with Crippen LogP contribution in [0.4, 0.5) is 19.3 Å². The lowest BCUT2D eigenvalue weighted by atomic mass is 10.3. The van der Waals surface area contributed by atoms with Gasteiger partial charge in [-0.3, -0.25) is 9.47 Å². The molecule has 1 aliphatic rings. The van der Waals surface area contributed by atoms with Crippen LogP contribution in [0.2, 0.25) is 0 Å². The molecule has 0 unspecified atom stereocenters. The first-order valence-electron chi connectivity index (χ1n) is 10.7. The number of anilines is 1. The average Bonchev–Trinajstić information content (AvgIpc) is 3.17. The lowest BCUT2D eigenvalue weighted by Crippen LogP contribution is -2.49. The quantitative estimate of drug-likeness (QED) is 0.512. The summed E-state index contributed by atoms with van der Waals surface area (Å²) in [7, 11) is 0. The number of aromatic nitrogens is 3. The molecule has 1 aliphatic heterocycles. The molecule has 0 spiro atoms. The maximum Gasteiger partial charge on any atom is 0.321 e. The molecule has 0 atom stereocenters. The lowest BCUT2D eigenvalue weighted by Gasteiger charge is -2.34. The first-order valence-corrected chi connectivity index (χ1v) is 10.7. The Hall–Kier alpha value is -3.85. The summed E-state index contributed by atoms with van der Waals surface area (Å²) < 4.78 is 29.2. The molecule has 2 aromatic heterocycles. The highest BCUT2D eigenvalue weighted by molar-refractivity contribution is 5.89. The molecule has 1 fully saturated rings. The van der Waals surface area contributed by atoms with Gasteiger partial charge in [0.05, 0.1) is 12.2 Å². The van der Waals surface area contributed by atoms with Crippen molar-refractivity contribution in [3.8, 4) is 5.69 Å². The predicted molar refractivity (Wildman–Crippen MR) is 121 cm³/mol. The van der Waals surface area contributed by atoms with Crippen LogP contribution in [0.3, 0.4) is 0 Å². The summed E-state index contributed by atoms with van der Waals surface area (Å²) in [6, 6.07) is 15.7. The van der Waals surface area contributed by atoms with Gasteiger partial charge in [0, 0.05) is 38.1 Å². The van der Waals surface area contributed by atoms with E-state index < -0.39 is 5.82 Å². The van der Waals surface area contributed by atoms with Gasteiger partial charge < -0.3 is 10.2 Å². The summed E-state index contributed by atoms with van der Waals surface area (Å²) in [5.41, 5.74) is 2.51. The van der Waals surface area contributed by atoms with Gasteiger partial charge in [0.25, 0.3) is 0 Å². The van der Waals surface area contributed by atoms with Crippen LogP contribution >= 0.6 is 0 Å². The Morgan fingerprint density at radius 2 is 1.70 bits per heavy atom. The maximum atomic E-state index is 13.9. The minimum Gasteiger partial charge on any atom is -0.322 e. The number of hydrogen-bond acceptors (Lipinski definition) is 4. The van der Waals surface area contributed by atoms with Crippen LogP contribution in [0.1, 0.15) is 5.82 Å². The third kappa shape index (κ3) is 4.54. The molecular formula is C24H22F2N6O. The molecule has 1 saturated heterocycles. The summed E-state index contributed by atoms with van der Waals surface area (Å²) in [5, 5.41) is 2.74. The van der Waals surface area contributed by atoms with E-state index in [-0.39, 0.29) is 11.8 Å². The average molecular weight is 448 g/mol. The number of piperazine rings is 1. The monoisotopic (exact) mass is 448 g/mol. The van der Waals surface area contributed by atoms with Crippen molar-refractivity contribution < 1.29 is 13.6 Å². The Bertz CT molecular complexity index is 1300. The first kappa shape index (κ1) is 21.0. The number of amides is 2. The molecule has 7 nitrogen and oxygen atoms in total. The molecule has 0 bridgehead atoms. The lowest BCUT2D eigenvalue weighted by molar-refractivity contribution is 0.140. The van der Waals surface area contributed by atoms with Crippen molar-refractivity contribution in [3.63, 3.8) is 0 Å². The van der Waals surface area contributed by atoms with Gasteiger partial charge in [-0.1, -0.05) is 12.1 Å². The summed E-state index contributed by atoms with van der Waals surface area (Å²) in [6.07, 6.45) is 1.69. The third-order valence-electron chi connectivity index (χ3n) is 5.65. The van der Waals surface area contributed by atoms with Crippen LogP contribution in [0, 0.1) is 11.6 Å². The molecule has 2 amide bonds. The van der Waals surface area contributed by atoms with Gasteiger partial charge in [0.15, 0.2) is 5.65 Å². The second kappa shape index (κ2) is 8.95. The van der Waals surface area contributed by atoms with E-state index in [1.807, 2.05) is 22.8 Å². The molecule has 2 aromatic carbocycles. The highest BCUT2D eigenvalue weighted by Gasteiger charge is 2.23. The van der Waals surface area contributed by atoms with Crippen LogP contribution in [-0.2, 0) is 6.54 Å². The predicted octanol–water partition coefficient (Wildman–Crippen LogP) is 4.05. The van der Waals surface area contributed by atoms with Crippen LogP contribution in [-0.4, -0.2) is 56.5 Å². The number of rotatable bonds is 4. The molecule has 4 aromatic rings. The molecule has 33 heavy (non-hydrogen) atoms. The first-order chi connectivity index (χ1) is 16.1. The van der Waals surface area contributed by atoms with Crippen molar-refractivity contribution in [1.29, 1.82) is 0 Å². The molecule has 1 N–H and O–H groups in total. The fraction of sp³-hybridized carbons (Fsp3) is 0.208. The van der Waals surface area contributed by atoms with Gasteiger partial charge in [0.2, 0.25) is 0 Å². The molecule has 5 rings (SSSR count). The van der Waals surface area contributed by atoms with E-state index in [1.165, 1.54) is 24.3 Å². The van der Waals surface area contributed by atoms with Gasteiger partial charge in [-0.05, 0) is 48.5 Å². The Morgan fingerprint density at radius 1 is 0.939 bits per heavy atom.